The summed E-state index contributed by atoms with van der Waals surface area (Å²) in [5, 5.41) is 6.78. The van der Waals surface area contributed by atoms with Gasteiger partial charge in [0.05, 0.1) is 11.4 Å². The minimum atomic E-state index is -0.106. The lowest BCUT2D eigenvalue weighted by molar-refractivity contribution is 0.0950. The molecule has 3 heterocycles. The highest BCUT2D eigenvalue weighted by atomic mass is 32.1. The third kappa shape index (κ3) is 4.11. The van der Waals surface area contributed by atoms with E-state index in [-0.39, 0.29) is 12.5 Å². The second kappa shape index (κ2) is 8.02. The van der Waals surface area contributed by atoms with Gasteiger partial charge in [0, 0.05) is 22.8 Å². The van der Waals surface area contributed by atoms with E-state index in [9.17, 15) is 4.79 Å². The highest BCUT2D eigenvalue weighted by molar-refractivity contribution is 7.14. The molecule has 3 aromatic heterocycles. The van der Waals surface area contributed by atoms with Gasteiger partial charge in [-0.05, 0) is 36.6 Å². The van der Waals surface area contributed by atoms with Gasteiger partial charge < -0.3 is 9.84 Å². The zero-order valence-electron chi connectivity index (χ0n) is 14.3. The molecule has 25 heavy (non-hydrogen) atoms. The van der Waals surface area contributed by atoms with Crippen LogP contribution < -0.4 is 5.32 Å². The zero-order valence-corrected chi connectivity index (χ0v) is 15.1. The maximum atomic E-state index is 12.4. The molecule has 0 aliphatic rings. The minimum Gasteiger partial charge on any atom is -0.342 e. The summed E-state index contributed by atoms with van der Waals surface area (Å²) in [4.78, 5) is 22.7. The molecule has 7 heteroatoms. The first-order valence-electron chi connectivity index (χ1n) is 8.34. The van der Waals surface area contributed by atoms with Crippen molar-refractivity contribution in [3.8, 4) is 11.4 Å². The van der Waals surface area contributed by atoms with Crippen molar-refractivity contribution in [1.29, 1.82) is 0 Å². The number of aryl methyl sites for hydroxylation is 2. The average molecular weight is 356 g/mol. The molecule has 0 bridgehead atoms. The Kier molecular flexibility index (Phi) is 5.55. The third-order valence-corrected chi connectivity index (χ3v) is 5.02. The van der Waals surface area contributed by atoms with E-state index in [1.807, 2.05) is 6.07 Å². The first kappa shape index (κ1) is 17.3. The number of pyridine rings is 1. The monoisotopic (exact) mass is 356 g/mol. The lowest BCUT2D eigenvalue weighted by Gasteiger charge is -1.98. The van der Waals surface area contributed by atoms with Gasteiger partial charge in [0.25, 0.3) is 5.91 Å². The molecule has 1 amide bonds. The van der Waals surface area contributed by atoms with E-state index in [2.05, 4.69) is 34.3 Å². The highest BCUT2D eigenvalue weighted by Gasteiger charge is 2.15. The first-order valence-corrected chi connectivity index (χ1v) is 9.15. The van der Waals surface area contributed by atoms with Crippen LogP contribution in [0.4, 0.5) is 0 Å². The largest absolute Gasteiger partial charge is 0.342 e. The van der Waals surface area contributed by atoms with Crippen LogP contribution in [0.1, 0.15) is 46.3 Å². The Labute approximate surface area is 150 Å². The van der Waals surface area contributed by atoms with Crippen LogP contribution in [0.5, 0.6) is 0 Å². The number of thiophene rings is 1. The van der Waals surface area contributed by atoms with E-state index in [0.717, 1.165) is 29.7 Å². The summed E-state index contributed by atoms with van der Waals surface area (Å²) in [7, 11) is 0. The molecule has 0 aromatic carbocycles. The summed E-state index contributed by atoms with van der Waals surface area (Å²) in [5.74, 6) is 0.758. The normalized spacial score (nSPS) is 10.8. The van der Waals surface area contributed by atoms with E-state index in [1.54, 1.807) is 35.9 Å². The van der Waals surface area contributed by atoms with Crippen molar-refractivity contribution < 1.29 is 9.32 Å². The van der Waals surface area contributed by atoms with E-state index < -0.39 is 0 Å². The Morgan fingerprint density at radius 3 is 2.80 bits per heavy atom. The van der Waals surface area contributed by atoms with Crippen molar-refractivity contribution in [2.75, 3.05) is 0 Å². The molecule has 0 radical (unpaired) electrons. The van der Waals surface area contributed by atoms with Gasteiger partial charge in [-0.3, -0.25) is 9.78 Å². The fraction of sp³-hybridized carbons (Fsp3) is 0.333. The SMILES string of the molecule is CCCc1sc(C(=O)NCc2nc(-c3ccncc3)no2)cc1CC. The van der Waals surface area contributed by atoms with Crippen LogP contribution in [0.3, 0.4) is 0 Å². The predicted molar refractivity (Wildman–Crippen MR) is 96.4 cm³/mol. The van der Waals surface area contributed by atoms with Crippen LogP contribution in [0.15, 0.2) is 35.1 Å². The molecule has 0 atom stereocenters. The van der Waals surface area contributed by atoms with E-state index in [0.29, 0.717) is 11.7 Å². The summed E-state index contributed by atoms with van der Waals surface area (Å²) >= 11 is 1.57. The smallest absolute Gasteiger partial charge is 0.261 e. The van der Waals surface area contributed by atoms with Crippen molar-refractivity contribution in [3.63, 3.8) is 0 Å². The van der Waals surface area contributed by atoms with Crippen LogP contribution >= 0.6 is 11.3 Å². The van der Waals surface area contributed by atoms with Gasteiger partial charge in [0.15, 0.2) is 0 Å². The predicted octanol–water partition coefficient (Wildman–Crippen LogP) is 3.64. The van der Waals surface area contributed by atoms with Crippen molar-refractivity contribution >= 4 is 17.2 Å². The van der Waals surface area contributed by atoms with Gasteiger partial charge in [-0.15, -0.1) is 11.3 Å². The molecule has 0 saturated heterocycles. The van der Waals surface area contributed by atoms with Gasteiger partial charge in [-0.1, -0.05) is 25.4 Å². The molecule has 130 valence electrons. The van der Waals surface area contributed by atoms with Gasteiger partial charge in [0.2, 0.25) is 11.7 Å². The molecule has 6 nitrogen and oxygen atoms in total. The summed E-state index contributed by atoms with van der Waals surface area (Å²) < 4.78 is 5.20. The fourth-order valence-corrected chi connectivity index (χ4v) is 3.78. The number of amides is 1. The van der Waals surface area contributed by atoms with Gasteiger partial charge in [0.1, 0.15) is 0 Å². The fourth-order valence-electron chi connectivity index (χ4n) is 2.50. The van der Waals surface area contributed by atoms with Crippen LogP contribution in [0.2, 0.25) is 0 Å². The zero-order chi connectivity index (χ0) is 17.6. The molecule has 0 saturated carbocycles. The van der Waals surface area contributed by atoms with Gasteiger partial charge in [-0.25, -0.2) is 0 Å². The van der Waals surface area contributed by atoms with Crippen LogP contribution in [0, 0.1) is 0 Å². The van der Waals surface area contributed by atoms with Crippen LogP contribution in [-0.2, 0) is 19.4 Å². The lowest BCUT2D eigenvalue weighted by atomic mass is 10.1. The number of aromatic nitrogens is 3. The Bertz CT molecular complexity index is 842. The van der Waals surface area contributed by atoms with Gasteiger partial charge in [-0.2, -0.15) is 4.98 Å². The number of nitrogens with zero attached hydrogens (tertiary/aromatic N) is 3. The summed E-state index contributed by atoms with van der Waals surface area (Å²) in [6, 6.07) is 5.60. The minimum absolute atomic E-state index is 0.106. The summed E-state index contributed by atoms with van der Waals surface area (Å²) in [5.41, 5.74) is 2.08. The van der Waals surface area contributed by atoms with Crippen molar-refractivity contribution in [2.45, 2.75) is 39.7 Å². The van der Waals surface area contributed by atoms with Crippen LogP contribution in [0.25, 0.3) is 11.4 Å². The maximum absolute atomic E-state index is 12.4. The third-order valence-electron chi connectivity index (χ3n) is 3.79. The number of carbonyl (C=O) groups excluding carboxylic acids is 1. The van der Waals surface area contributed by atoms with Crippen LogP contribution in [-0.4, -0.2) is 21.0 Å². The molecule has 0 aliphatic carbocycles. The molecule has 0 unspecified atom stereocenters. The Balaban J connectivity index is 1.64. The molecule has 1 N–H and O–H groups in total. The molecule has 0 fully saturated rings. The number of nitrogens with one attached hydrogen (secondary N) is 1. The standard InChI is InChI=1S/C18H20N4O2S/c1-3-5-14-12(4-2)10-15(25-14)18(23)20-11-16-21-17(22-24-16)13-6-8-19-9-7-13/h6-10H,3-5,11H2,1-2H3,(H,20,23). The van der Waals surface area contributed by atoms with E-state index >= 15 is 0 Å². The number of hydrogen-bond acceptors (Lipinski definition) is 6. The van der Waals surface area contributed by atoms with Crippen molar-refractivity contribution in [3.05, 3.63) is 51.8 Å². The maximum Gasteiger partial charge on any atom is 0.261 e. The molecule has 0 spiro atoms. The van der Waals surface area contributed by atoms with E-state index in [4.69, 9.17) is 4.52 Å². The molecule has 3 rings (SSSR count). The Morgan fingerprint density at radius 1 is 1.28 bits per heavy atom. The van der Waals surface area contributed by atoms with Crippen molar-refractivity contribution in [2.24, 2.45) is 0 Å². The Morgan fingerprint density at radius 2 is 2.08 bits per heavy atom. The molecule has 3 aromatic rings. The second-order valence-electron chi connectivity index (χ2n) is 5.59. The highest BCUT2D eigenvalue weighted by Crippen LogP contribution is 2.24. The average Bonchev–Trinajstić information content (AvgIpc) is 3.28. The topological polar surface area (TPSA) is 80.9 Å². The quantitative estimate of drug-likeness (QED) is 0.699. The number of hydrogen-bond donors (Lipinski definition) is 1. The van der Waals surface area contributed by atoms with Gasteiger partial charge >= 0.3 is 0 Å². The molecular weight excluding hydrogens is 336 g/mol. The summed E-state index contributed by atoms with van der Waals surface area (Å²) in [6.45, 7) is 4.47. The first-order chi connectivity index (χ1) is 12.2. The van der Waals surface area contributed by atoms with E-state index in [1.165, 1.54) is 10.4 Å². The Hall–Kier alpha value is -2.54. The molecular formula is C18H20N4O2S. The lowest BCUT2D eigenvalue weighted by Crippen LogP contribution is -2.21. The molecule has 0 aliphatic heterocycles. The van der Waals surface area contributed by atoms with Crippen molar-refractivity contribution in [1.82, 2.24) is 20.4 Å². The second-order valence-corrected chi connectivity index (χ2v) is 6.73. The number of rotatable bonds is 7. The number of carbonyl (C=O) groups is 1. The summed E-state index contributed by atoms with van der Waals surface area (Å²) in [6.07, 6.45) is 6.37.